The Balaban J connectivity index is 2.09. The van der Waals surface area contributed by atoms with E-state index in [0.29, 0.717) is 25.1 Å². The van der Waals surface area contributed by atoms with Crippen LogP contribution in [-0.4, -0.2) is 42.0 Å². The lowest BCUT2D eigenvalue weighted by molar-refractivity contribution is -0.140. The van der Waals surface area contributed by atoms with Gasteiger partial charge in [0.05, 0.1) is 11.6 Å². The highest BCUT2D eigenvalue weighted by Gasteiger charge is 2.45. The van der Waals surface area contributed by atoms with E-state index in [1.54, 1.807) is 31.4 Å². The van der Waals surface area contributed by atoms with Crippen LogP contribution in [0, 0.1) is 0 Å². The molecule has 1 amide bonds. The number of carbonyl (C=O) groups excluding carboxylic acids is 2. The lowest BCUT2D eigenvalue weighted by Gasteiger charge is -2.25. The molecule has 1 fully saturated rings. The van der Waals surface area contributed by atoms with Crippen LogP contribution in [0.15, 0.2) is 64.6 Å². The molecule has 1 unspecified atom stereocenters. The number of aliphatic hydroxyl groups is 1. The number of amides is 1. The van der Waals surface area contributed by atoms with Crippen molar-refractivity contribution in [3.63, 3.8) is 0 Å². The van der Waals surface area contributed by atoms with E-state index in [1.807, 2.05) is 30.3 Å². The number of methoxy groups -OCH3 is 1. The summed E-state index contributed by atoms with van der Waals surface area (Å²) in [5.74, 6) is -1.43. The summed E-state index contributed by atoms with van der Waals surface area (Å²) in [6.45, 7) is 0.853. The Morgan fingerprint density at radius 3 is 2.41 bits per heavy atom. The van der Waals surface area contributed by atoms with Crippen molar-refractivity contribution >= 4 is 33.4 Å². The van der Waals surface area contributed by atoms with Crippen LogP contribution >= 0.6 is 15.9 Å². The molecule has 1 saturated heterocycles. The van der Waals surface area contributed by atoms with Gasteiger partial charge in [0.15, 0.2) is 0 Å². The molecule has 1 aliphatic heterocycles. The van der Waals surface area contributed by atoms with Crippen molar-refractivity contribution in [1.82, 2.24) is 4.90 Å². The fourth-order valence-corrected chi connectivity index (χ4v) is 3.50. The van der Waals surface area contributed by atoms with Crippen molar-refractivity contribution in [2.24, 2.45) is 0 Å². The lowest BCUT2D eigenvalue weighted by Crippen LogP contribution is -2.31. The summed E-state index contributed by atoms with van der Waals surface area (Å²) in [7, 11) is 1.59. The van der Waals surface area contributed by atoms with Gasteiger partial charge in [0.1, 0.15) is 5.76 Å². The van der Waals surface area contributed by atoms with Crippen molar-refractivity contribution in [2.45, 2.75) is 12.5 Å². The molecule has 6 heteroatoms. The van der Waals surface area contributed by atoms with E-state index in [9.17, 15) is 14.7 Å². The second-order valence-electron chi connectivity index (χ2n) is 6.26. The van der Waals surface area contributed by atoms with Gasteiger partial charge in [-0.15, -0.1) is 0 Å². The Hall–Kier alpha value is -2.44. The zero-order valence-electron chi connectivity index (χ0n) is 14.9. The van der Waals surface area contributed by atoms with Crippen molar-refractivity contribution in [3.05, 3.63) is 75.8 Å². The predicted octanol–water partition coefficient (Wildman–Crippen LogP) is 3.91. The van der Waals surface area contributed by atoms with Gasteiger partial charge in [0.2, 0.25) is 0 Å². The number of nitrogens with zero attached hydrogens (tertiary/aromatic N) is 1. The van der Waals surface area contributed by atoms with Crippen LogP contribution in [0.3, 0.4) is 0 Å². The largest absolute Gasteiger partial charge is 0.507 e. The minimum absolute atomic E-state index is 0.117. The van der Waals surface area contributed by atoms with Crippen LogP contribution in [0.5, 0.6) is 0 Å². The highest BCUT2D eigenvalue weighted by atomic mass is 79.9. The SMILES string of the molecule is COCCCN1C(=O)C(=O)/C(=C(\O)c2ccc(Br)cc2)C1c1ccccc1. The van der Waals surface area contributed by atoms with Crippen LogP contribution in [0.2, 0.25) is 0 Å². The monoisotopic (exact) mass is 429 g/mol. The van der Waals surface area contributed by atoms with Gasteiger partial charge in [0, 0.05) is 30.3 Å². The Kier molecular flexibility index (Phi) is 6.08. The van der Waals surface area contributed by atoms with E-state index in [2.05, 4.69) is 15.9 Å². The first-order valence-corrected chi connectivity index (χ1v) is 9.42. The summed E-state index contributed by atoms with van der Waals surface area (Å²) in [5, 5.41) is 10.9. The van der Waals surface area contributed by atoms with Gasteiger partial charge in [-0.1, -0.05) is 58.4 Å². The van der Waals surface area contributed by atoms with Crippen LogP contribution < -0.4 is 0 Å². The van der Waals surface area contributed by atoms with E-state index >= 15 is 0 Å². The van der Waals surface area contributed by atoms with Crippen LogP contribution in [-0.2, 0) is 14.3 Å². The third kappa shape index (κ3) is 3.96. The zero-order chi connectivity index (χ0) is 19.4. The van der Waals surface area contributed by atoms with Gasteiger partial charge in [-0.05, 0) is 24.1 Å². The molecule has 1 heterocycles. The summed E-state index contributed by atoms with van der Waals surface area (Å²) in [5.41, 5.74) is 1.40. The predicted molar refractivity (Wildman–Crippen MR) is 106 cm³/mol. The number of hydrogen-bond acceptors (Lipinski definition) is 4. The standard InChI is InChI=1S/C21H20BrNO4/c1-27-13-5-12-23-18(14-6-3-2-4-7-14)17(20(25)21(23)26)19(24)15-8-10-16(22)11-9-15/h2-4,6-11,18,24H,5,12-13H2,1H3/b19-17-. The number of halogens is 1. The minimum atomic E-state index is -0.665. The average Bonchev–Trinajstić information content (AvgIpc) is 2.94. The van der Waals surface area contributed by atoms with Crippen molar-refractivity contribution in [3.8, 4) is 0 Å². The molecule has 3 rings (SSSR count). The normalized spacial score (nSPS) is 18.9. The molecular formula is C21H20BrNO4. The highest BCUT2D eigenvalue weighted by Crippen LogP contribution is 2.39. The molecule has 1 atom stereocenters. The number of aliphatic hydroxyl groups excluding tert-OH is 1. The van der Waals surface area contributed by atoms with Gasteiger partial charge >= 0.3 is 0 Å². The molecule has 2 aromatic rings. The molecule has 0 bridgehead atoms. The minimum Gasteiger partial charge on any atom is -0.507 e. The zero-order valence-corrected chi connectivity index (χ0v) is 16.5. The van der Waals surface area contributed by atoms with E-state index in [4.69, 9.17) is 4.74 Å². The molecule has 1 N–H and O–H groups in total. The van der Waals surface area contributed by atoms with Gasteiger partial charge in [-0.2, -0.15) is 0 Å². The maximum absolute atomic E-state index is 12.8. The number of likely N-dealkylation sites (tertiary alicyclic amines) is 1. The fraction of sp³-hybridized carbons (Fsp3) is 0.238. The molecule has 0 saturated carbocycles. The van der Waals surface area contributed by atoms with Crippen molar-refractivity contribution in [2.75, 3.05) is 20.3 Å². The molecule has 2 aromatic carbocycles. The molecule has 140 valence electrons. The van der Waals surface area contributed by atoms with E-state index < -0.39 is 17.7 Å². The van der Waals surface area contributed by atoms with Gasteiger partial charge in [-0.3, -0.25) is 9.59 Å². The first-order valence-electron chi connectivity index (χ1n) is 8.63. The molecular weight excluding hydrogens is 410 g/mol. The van der Waals surface area contributed by atoms with Gasteiger partial charge < -0.3 is 14.7 Å². The molecule has 27 heavy (non-hydrogen) atoms. The Bertz CT molecular complexity index is 862. The van der Waals surface area contributed by atoms with Gasteiger partial charge in [-0.25, -0.2) is 0 Å². The first-order chi connectivity index (χ1) is 13.0. The molecule has 0 aliphatic carbocycles. The van der Waals surface area contributed by atoms with Crippen LogP contribution in [0.4, 0.5) is 0 Å². The summed E-state index contributed by atoms with van der Waals surface area (Å²) >= 11 is 3.35. The number of rotatable bonds is 6. The summed E-state index contributed by atoms with van der Waals surface area (Å²) < 4.78 is 5.93. The number of ketones is 1. The van der Waals surface area contributed by atoms with Crippen LogP contribution in [0.25, 0.3) is 5.76 Å². The number of carbonyl (C=O) groups is 2. The summed E-state index contributed by atoms with van der Waals surface area (Å²) in [6.07, 6.45) is 0.602. The van der Waals surface area contributed by atoms with E-state index in [-0.39, 0.29) is 11.3 Å². The topological polar surface area (TPSA) is 66.8 Å². The Labute approximate surface area is 166 Å². The molecule has 0 aromatic heterocycles. The maximum atomic E-state index is 12.8. The first kappa shape index (κ1) is 19.3. The third-order valence-electron chi connectivity index (χ3n) is 4.52. The highest BCUT2D eigenvalue weighted by molar-refractivity contribution is 9.10. The molecule has 0 radical (unpaired) electrons. The number of ether oxygens (including phenoxy) is 1. The number of benzene rings is 2. The van der Waals surface area contributed by atoms with Gasteiger partial charge in [0.25, 0.3) is 11.7 Å². The molecule has 5 nitrogen and oxygen atoms in total. The Morgan fingerprint density at radius 1 is 1.11 bits per heavy atom. The second kappa shape index (κ2) is 8.50. The van der Waals surface area contributed by atoms with E-state index in [0.717, 1.165) is 10.0 Å². The molecule has 0 spiro atoms. The van der Waals surface area contributed by atoms with Crippen molar-refractivity contribution < 1.29 is 19.4 Å². The second-order valence-corrected chi connectivity index (χ2v) is 7.17. The maximum Gasteiger partial charge on any atom is 0.295 e. The fourth-order valence-electron chi connectivity index (χ4n) is 3.24. The smallest absolute Gasteiger partial charge is 0.295 e. The number of hydrogen-bond donors (Lipinski definition) is 1. The number of Topliss-reactive ketones (excluding diaryl/α,β-unsaturated/α-hetero) is 1. The summed E-state index contributed by atoms with van der Waals surface area (Å²) in [6, 6.07) is 15.6. The van der Waals surface area contributed by atoms with Crippen molar-refractivity contribution in [1.29, 1.82) is 0 Å². The van der Waals surface area contributed by atoms with Crippen LogP contribution in [0.1, 0.15) is 23.6 Å². The Morgan fingerprint density at radius 2 is 1.78 bits per heavy atom. The van der Waals surface area contributed by atoms with E-state index in [1.165, 1.54) is 4.90 Å². The molecule has 1 aliphatic rings. The quantitative estimate of drug-likeness (QED) is 0.327. The lowest BCUT2D eigenvalue weighted by atomic mass is 9.95. The average molecular weight is 430 g/mol. The third-order valence-corrected chi connectivity index (χ3v) is 5.05. The summed E-state index contributed by atoms with van der Waals surface area (Å²) in [4.78, 5) is 26.9.